The zero-order valence-corrected chi connectivity index (χ0v) is 12.2. The minimum absolute atomic E-state index is 0.0821. The van der Waals surface area contributed by atoms with Crippen molar-refractivity contribution in [3.05, 3.63) is 34.9 Å². The summed E-state index contributed by atoms with van der Waals surface area (Å²) in [4.78, 5) is 11.7. The maximum atomic E-state index is 11.7. The molecule has 0 aromatic heterocycles. The van der Waals surface area contributed by atoms with Crippen LogP contribution in [0.5, 0.6) is 0 Å². The van der Waals surface area contributed by atoms with E-state index in [1.54, 1.807) is 19.1 Å². The molecule has 2 atom stereocenters. The van der Waals surface area contributed by atoms with Gasteiger partial charge in [-0.2, -0.15) is 0 Å². The highest BCUT2D eigenvalue weighted by Gasteiger charge is 2.16. The van der Waals surface area contributed by atoms with E-state index in [0.717, 1.165) is 0 Å². The topological polar surface area (TPSA) is 61.4 Å². The Morgan fingerprint density at radius 1 is 1.32 bits per heavy atom. The molecule has 0 aliphatic rings. The van der Waals surface area contributed by atoms with E-state index in [-0.39, 0.29) is 24.5 Å². The molecular weight excluding hydrogens is 264 g/mol. The van der Waals surface area contributed by atoms with Gasteiger partial charge in [0.1, 0.15) is 0 Å². The normalized spacial score (nSPS) is 14.2. The lowest BCUT2D eigenvalue weighted by molar-refractivity contribution is -0.123. The van der Waals surface area contributed by atoms with Crippen LogP contribution in [0.3, 0.4) is 0 Å². The Labute approximate surface area is 119 Å². The van der Waals surface area contributed by atoms with Crippen LogP contribution < -0.4 is 10.6 Å². The molecule has 0 radical (unpaired) electrons. The Balaban J connectivity index is 2.48. The van der Waals surface area contributed by atoms with Crippen LogP contribution in [-0.2, 0) is 4.79 Å². The Hall–Kier alpha value is -1.10. The average Bonchev–Trinajstić information content (AvgIpc) is 2.35. The summed E-state index contributed by atoms with van der Waals surface area (Å²) in [5, 5.41) is 16.4. The molecule has 3 N–H and O–H groups in total. The molecule has 1 amide bonds. The quantitative estimate of drug-likeness (QED) is 0.747. The Bertz CT molecular complexity index is 424. The number of amides is 1. The number of halogens is 1. The van der Waals surface area contributed by atoms with Gasteiger partial charge in [-0.3, -0.25) is 4.79 Å². The third-order valence-corrected chi connectivity index (χ3v) is 3.05. The third kappa shape index (κ3) is 5.19. The van der Waals surface area contributed by atoms with Gasteiger partial charge in [-0.15, -0.1) is 0 Å². The fraction of sp³-hybridized carbons (Fsp3) is 0.500. The zero-order chi connectivity index (χ0) is 14.4. The first-order valence-electron chi connectivity index (χ1n) is 6.38. The van der Waals surface area contributed by atoms with Crippen molar-refractivity contribution in [1.82, 2.24) is 10.6 Å². The van der Waals surface area contributed by atoms with Crippen LogP contribution in [0, 0.1) is 0 Å². The lowest BCUT2D eigenvalue weighted by atomic mass is 10.1. The van der Waals surface area contributed by atoms with Crippen LogP contribution in [-0.4, -0.2) is 29.6 Å². The average molecular weight is 285 g/mol. The highest BCUT2D eigenvalue weighted by Crippen LogP contribution is 2.21. The van der Waals surface area contributed by atoms with Crippen LogP contribution in [0.15, 0.2) is 24.3 Å². The van der Waals surface area contributed by atoms with E-state index in [4.69, 9.17) is 11.6 Å². The smallest absolute Gasteiger partial charge is 0.237 e. The lowest BCUT2D eigenvalue weighted by Crippen LogP contribution is -2.45. The number of aliphatic hydroxyl groups excluding tert-OH is 1. The van der Waals surface area contributed by atoms with Crippen LogP contribution >= 0.6 is 11.6 Å². The van der Waals surface area contributed by atoms with E-state index in [1.807, 2.05) is 26.0 Å². The maximum absolute atomic E-state index is 11.7. The summed E-state index contributed by atoms with van der Waals surface area (Å²) in [5.41, 5.74) is 0.660. The largest absolute Gasteiger partial charge is 0.387 e. The molecule has 0 aliphatic heterocycles. The Kier molecular flexibility index (Phi) is 6.28. The van der Waals surface area contributed by atoms with E-state index in [9.17, 15) is 9.90 Å². The molecule has 0 saturated carbocycles. The predicted molar refractivity (Wildman–Crippen MR) is 77.2 cm³/mol. The molecule has 0 fully saturated rings. The number of benzene rings is 1. The van der Waals surface area contributed by atoms with Crippen LogP contribution in [0.25, 0.3) is 0 Å². The Morgan fingerprint density at radius 3 is 2.53 bits per heavy atom. The lowest BCUT2D eigenvalue weighted by Gasteiger charge is -2.19. The highest BCUT2D eigenvalue weighted by atomic mass is 35.5. The molecule has 1 rings (SSSR count). The van der Waals surface area contributed by atoms with Crippen molar-refractivity contribution in [2.24, 2.45) is 0 Å². The molecule has 0 aliphatic carbocycles. The second-order valence-electron chi connectivity index (χ2n) is 4.83. The summed E-state index contributed by atoms with van der Waals surface area (Å²) in [6, 6.07) is 6.87. The van der Waals surface area contributed by atoms with Gasteiger partial charge in [0.2, 0.25) is 5.91 Å². The van der Waals surface area contributed by atoms with Gasteiger partial charge < -0.3 is 15.7 Å². The van der Waals surface area contributed by atoms with Gasteiger partial charge in [0.05, 0.1) is 12.1 Å². The van der Waals surface area contributed by atoms with E-state index in [0.29, 0.717) is 10.6 Å². The second-order valence-corrected chi connectivity index (χ2v) is 5.24. The summed E-state index contributed by atoms with van der Waals surface area (Å²) >= 11 is 6.00. The number of rotatable bonds is 6. The monoisotopic (exact) mass is 284 g/mol. The van der Waals surface area contributed by atoms with E-state index >= 15 is 0 Å². The SMILES string of the molecule is CC(C)NC(=O)C(C)NCC(O)c1ccccc1Cl. The standard InChI is InChI=1S/C14H21ClN2O2/c1-9(2)17-14(19)10(3)16-8-13(18)11-6-4-5-7-12(11)15/h4-7,9-10,13,16,18H,8H2,1-3H3,(H,17,19). The van der Waals surface area contributed by atoms with Crippen molar-refractivity contribution in [3.8, 4) is 0 Å². The van der Waals surface area contributed by atoms with Gasteiger partial charge in [-0.05, 0) is 26.8 Å². The van der Waals surface area contributed by atoms with Crippen molar-refractivity contribution < 1.29 is 9.90 Å². The predicted octanol–water partition coefficient (Wildman–Crippen LogP) is 1.88. The second kappa shape index (κ2) is 7.48. The zero-order valence-electron chi connectivity index (χ0n) is 11.5. The molecule has 106 valence electrons. The third-order valence-electron chi connectivity index (χ3n) is 2.71. The minimum atomic E-state index is -0.733. The first kappa shape index (κ1) is 16.0. The van der Waals surface area contributed by atoms with E-state index in [1.165, 1.54) is 0 Å². The molecule has 0 bridgehead atoms. The van der Waals surface area contributed by atoms with Crippen molar-refractivity contribution >= 4 is 17.5 Å². The van der Waals surface area contributed by atoms with Crippen molar-refractivity contribution in [1.29, 1.82) is 0 Å². The number of hydrogen-bond donors (Lipinski definition) is 3. The number of carbonyl (C=O) groups excluding carboxylic acids is 1. The first-order valence-corrected chi connectivity index (χ1v) is 6.76. The fourth-order valence-corrected chi connectivity index (χ4v) is 1.91. The summed E-state index contributed by atoms with van der Waals surface area (Å²) in [5.74, 6) is -0.0821. The van der Waals surface area contributed by atoms with Gasteiger partial charge in [-0.1, -0.05) is 29.8 Å². The number of carbonyl (C=O) groups is 1. The highest BCUT2D eigenvalue weighted by molar-refractivity contribution is 6.31. The molecule has 0 spiro atoms. The van der Waals surface area contributed by atoms with Gasteiger partial charge in [0.15, 0.2) is 0 Å². The Morgan fingerprint density at radius 2 is 1.95 bits per heavy atom. The molecule has 2 unspecified atom stereocenters. The van der Waals surface area contributed by atoms with Crippen molar-refractivity contribution in [2.45, 2.75) is 39.0 Å². The fourth-order valence-electron chi connectivity index (χ4n) is 1.65. The molecule has 1 aromatic rings. The van der Waals surface area contributed by atoms with Crippen LogP contribution in [0.2, 0.25) is 5.02 Å². The molecule has 0 heterocycles. The maximum Gasteiger partial charge on any atom is 0.237 e. The molecule has 5 heteroatoms. The number of aliphatic hydroxyl groups is 1. The summed E-state index contributed by atoms with van der Waals surface area (Å²) < 4.78 is 0. The summed E-state index contributed by atoms with van der Waals surface area (Å²) in [6.45, 7) is 5.85. The van der Waals surface area contributed by atoms with Crippen LogP contribution in [0.1, 0.15) is 32.4 Å². The van der Waals surface area contributed by atoms with Gasteiger partial charge in [-0.25, -0.2) is 0 Å². The molecule has 19 heavy (non-hydrogen) atoms. The van der Waals surface area contributed by atoms with Crippen molar-refractivity contribution in [2.75, 3.05) is 6.54 Å². The minimum Gasteiger partial charge on any atom is -0.387 e. The first-order chi connectivity index (χ1) is 8.91. The van der Waals surface area contributed by atoms with Gasteiger partial charge in [0.25, 0.3) is 0 Å². The van der Waals surface area contributed by atoms with Crippen molar-refractivity contribution in [3.63, 3.8) is 0 Å². The summed E-state index contributed by atoms with van der Waals surface area (Å²) in [6.07, 6.45) is -0.733. The molecular formula is C14H21ClN2O2. The molecule has 4 nitrogen and oxygen atoms in total. The van der Waals surface area contributed by atoms with Gasteiger partial charge in [0, 0.05) is 23.2 Å². The molecule has 0 saturated heterocycles. The van der Waals surface area contributed by atoms with Crippen LogP contribution in [0.4, 0.5) is 0 Å². The van der Waals surface area contributed by atoms with E-state index < -0.39 is 6.10 Å². The number of nitrogens with one attached hydrogen (secondary N) is 2. The summed E-state index contributed by atoms with van der Waals surface area (Å²) in [7, 11) is 0. The number of hydrogen-bond acceptors (Lipinski definition) is 3. The van der Waals surface area contributed by atoms with E-state index in [2.05, 4.69) is 10.6 Å². The van der Waals surface area contributed by atoms with Gasteiger partial charge >= 0.3 is 0 Å². The molecule has 1 aromatic carbocycles.